The first-order chi connectivity index (χ1) is 9.78. The molecule has 20 heavy (non-hydrogen) atoms. The summed E-state index contributed by atoms with van der Waals surface area (Å²) in [5.74, 6) is 1.91. The normalized spacial score (nSPS) is 23.3. The molecule has 1 aliphatic carbocycles. The molecule has 0 saturated heterocycles. The minimum absolute atomic E-state index is 0.695. The Morgan fingerprint density at radius 3 is 2.95 bits per heavy atom. The van der Waals surface area contributed by atoms with Crippen molar-refractivity contribution in [1.29, 1.82) is 0 Å². The highest BCUT2D eigenvalue weighted by Gasteiger charge is 2.15. The Balaban J connectivity index is 1.80. The molecule has 1 N–H and O–H groups in total. The second-order valence-corrected chi connectivity index (χ2v) is 6.19. The van der Waals surface area contributed by atoms with Crippen molar-refractivity contribution in [3.63, 3.8) is 0 Å². The molecule has 0 aliphatic heterocycles. The van der Waals surface area contributed by atoms with Gasteiger partial charge in [0, 0.05) is 12.6 Å². The Bertz CT molecular complexity index is 391. The maximum Gasteiger partial charge on any atom is 0.119 e. The quantitative estimate of drug-likeness (QED) is 0.770. The Kier molecular flexibility index (Phi) is 6.38. The third kappa shape index (κ3) is 5.16. The van der Waals surface area contributed by atoms with Gasteiger partial charge in [-0.1, -0.05) is 38.8 Å². The van der Waals surface area contributed by atoms with Crippen LogP contribution in [0.3, 0.4) is 0 Å². The molecule has 1 fully saturated rings. The van der Waals surface area contributed by atoms with Gasteiger partial charge in [0.2, 0.25) is 0 Å². The number of ether oxygens (including phenoxy) is 1. The molecule has 0 bridgehead atoms. The fraction of sp³-hybridized carbons (Fsp3) is 0.667. The average molecular weight is 275 g/mol. The van der Waals surface area contributed by atoms with E-state index in [1.807, 2.05) is 6.07 Å². The van der Waals surface area contributed by atoms with E-state index >= 15 is 0 Å². The molecule has 112 valence electrons. The summed E-state index contributed by atoms with van der Waals surface area (Å²) >= 11 is 0. The zero-order valence-corrected chi connectivity index (χ0v) is 13.0. The third-order valence-corrected chi connectivity index (χ3v) is 4.22. The first kappa shape index (κ1) is 15.4. The largest absolute Gasteiger partial charge is 0.494 e. The topological polar surface area (TPSA) is 21.3 Å². The lowest BCUT2D eigenvalue weighted by atomic mass is 10.0. The van der Waals surface area contributed by atoms with Crippen molar-refractivity contribution >= 4 is 0 Å². The lowest BCUT2D eigenvalue weighted by Crippen LogP contribution is -2.27. The molecular formula is C18H29NO. The highest BCUT2D eigenvalue weighted by molar-refractivity contribution is 5.28. The summed E-state index contributed by atoms with van der Waals surface area (Å²) < 4.78 is 5.69. The van der Waals surface area contributed by atoms with Gasteiger partial charge in [-0.15, -0.1) is 0 Å². The second-order valence-electron chi connectivity index (χ2n) is 6.19. The molecule has 0 spiro atoms. The van der Waals surface area contributed by atoms with Crippen molar-refractivity contribution in [1.82, 2.24) is 5.32 Å². The Hall–Kier alpha value is -1.02. The minimum atomic E-state index is 0.695. The predicted molar refractivity (Wildman–Crippen MR) is 85.1 cm³/mol. The van der Waals surface area contributed by atoms with Gasteiger partial charge >= 0.3 is 0 Å². The van der Waals surface area contributed by atoms with E-state index in [1.54, 1.807) is 0 Å². The van der Waals surface area contributed by atoms with E-state index in [4.69, 9.17) is 4.74 Å². The van der Waals surface area contributed by atoms with Crippen LogP contribution in [-0.2, 0) is 6.54 Å². The van der Waals surface area contributed by atoms with Gasteiger partial charge in [-0.05, 0) is 49.3 Å². The molecule has 2 heteroatoms. The monoisotopic (exact) mass is 275 g/mol. The predicted octanol–water partition coefficient (Wildman–Crippen LogP) is 4.53. The van der Waals surface area contributed by atoms with E-state index in [2.05, 4.69) is 37.4 Å². The molecular weight excluding hydrogens is 246 g/mol. The maximum absolute atomic E-state index is 5.69. The SMILES string of the molecule is CCCOc1cccc(CNC2CCCC(C)CC2)c1. The van der Waals surface area contributed by atoms with Crippen LogP contribution in [0.2, 0.25) is 0 Å². The van der Waals surface area contributed by atoms with Gasteiger partial charge in [0.1, 0.15) is 5.75 Å². The van der Waals surface area contributed by atoms with Crippen molar-refractivity contribution < 1.29 is 4.74 Å². The summed E-state index contributed by atoms with van der Waals surface area (Å²) in [5, 5.41) is 3.73. The van der Waals surface area contributed by atoms with Gasteiger partial charge in [-0.25, -0.2) is 0 Å². The molecule has 2 unspecified atom stereocenters. The van der Waals surface area contributed by atoms with Gasteiger partial charge in [0.05, 0.1) is 6.61 Å². The minimum Gasteiger partial charge on any atom is -0.494 e. The van der Waals surface area contributed by atoms with Crippen molar-refractivity contribution in [3.05, 3.63) is 29.8 Å². The zero-order chi connectivity index (χ0) is 14.2. The van der Waals surface area contributed by atoms with Gasteiger partial charge in [-0.3, -0.25) is 0 Å². The van der Waals surface area contributed by atoms with Gasteiger partial charge in [0.15, 0.2) is 0 Å². The van der Waals surface area contributed by atoms with E-state index in [0.29, 0.717) is 6.04 Å². The first-order valence-corrected chi connectivity index (χ1v) is 8.23. The molecule has 1 aromatic carbocycles. The average Bonchev–Trinajstić information content (AvgIpc) is 2.68. The lowest BCUT2D eigenvalue weighted by Gasteiger charge is -2.16. The van der Waals surface area contributed by atoms with Crippen LogP contribution < -0.4 is 10.1 Å². The van der Waals surface area contributed by atoms with Crippen molar-refractivity contribution in [2.75, 3.05) is 6.61 Å². The number of hydrogen-bond donors (Lipinski definition) is 1. The van der Waals surface area contributed by atoms with Crippen LogP contribution in [-0.4, -0.2) is 12.6 Å². The molecule has 1 saturated carbocycles. The van der Waals surface area contributed by atoms with Crippen LogP contribution in [0.15, 0.2) is 24.3 Å². The lowest BCUT2D eigenvalue weighted by molar-refractivity contribution is 0.317. The highest BCUT2D eigenvalue weighted by Crippen LogP contribution is 2.23. The molecule has 1 aromatic rings. The number of benzene rings is 1. The van der Waals surface area contributed by atoms with Crippen LogP contribution >= 0.6 is 0 Å². The fourth-order valence-corrected chi connectivity index (χ4v) is 2.92. The number of hydrogen-bond acceptors (Lipinski definition) is 2. The summed E-state index contributed by atoms with van der Waals surface area (Å²) in [5.41, 5.74) is 1.33. The third-order valence-electron chi connectivity index (χ3n) is 4.22. The number of rotatable bonds is 6. The van der Waals surface area contributed by atoms with E-state index in [0.717, 1.165) is 31.2 Å². The molecule has 0 radical (unpaired) electrons. The standard InChI is InChI=1S/C18H29NO/c1-3-12-20-18-9-5-7-16(13-18)14-19-17-8-4-6-15(2)10-11-17/h5,7,9,13,15,17,19H,3-4,6,8,10-12,14H2,1-2H3. The summed E-state index contributed by atoms with van der Waals surface area (Å²) in [6, 6.07) is 9.19. The Labute approximate surface area is 123 Å². The van der Waals surface area contributed by atoms with Crippen molar-refractivity contribution in [2.24, 2.45) is 5.92 Å². The zero-order valence-electron chi connectivity index (χ0n) is 13.0. The van der Waals surface area contributed by atoms with E-state index in [1.165, 1.54) is 37.7 Å². The first-order valence-electron chi connectivity index (χ1n) is 8.23. The smallest absolute Gasteiger partial charge is 0.119 e. The van der Waals surface area contributed by atoms with Crippen LogP contribution in [0.5, 0.6) is 5.75 Å². The van der Waals surface area contributed by atoms with Crippen LogP contribution in [0.25, 0.3) is 0 Å². The molecule has 0 heterocycles. The molecule has 2 nitrogen and oxygen atoms in total. The fourth-order valence-electron chi connectivity index (χ4n) is 2.92. The van der Waals surface area contributed by atoms with Crippen molar-refractivity contribution in [2.45, 2.75) is 65.0 Å². The Morgan fingerprint density at radius 2 is 2.10 bits per heavy atom. The van der Waals surface area contributed by atoms with Crippen molar-refractivity contribution in [3.8, 4) is 5.75 Å². The molecule has 2 rings (SSSR count). The van der Waals surface area contributed by atoms with E-state index < -0.39 is 0 Å². The van der Waals surface area contributed by atoms with Gasteiger partial charge < -0.3 is 10.1 Å². The molecule has 1 aliphatic rings. The van der Waals surface area contributed by atoms with E-state index in [-0.39, 0.29) is 0 Å². The van der Waals surface area contributed by atoms with Crippen LogP contribution in [0.4, 0.5) is 0 Å². The summed E-state index contributed by atoms with van der Waals surface area (Å²) in [6.45, 7) is 6.29. The van der Waals surface area contributed by atoms with Gasteiger partial charge in [-0.2, -0.15) is 0 Å². The number of nitrogens with one attached hydrogen (secondary N) is 1. The molecule has 0 amide bonds. The highest BCUT2D eigenvalue weighted by atomic mass is 16.5. The maximum atomic E-state index is 5.69. The summed E-state index contributed by atoms with van der Waals surface area (Å²) in [4.78, 5) is 0. The van der Waals surface area contributed by atoms with Crippen LogP contribution in [0.1, 0.15) is 57.9 Å². The van der Waals surface area contributed by atoms with Crippen LogP contribution in [0, 0.1) is 5.92 Å². The Morgan fingerprint density at radius 1 is 1.20 bits per heavy atom. The summed E-state index contributed by atoms with van der Waals surface area (Å²) in [7, 11) is 0. The molecule has 2 atom stereocenters. The van der Waals surface area contributed by atoms with Gasteiger partial charge in [0.25, 0.3) is 0 Å². The van der Waals surface area contributed by atoms with E-state index in [9.17, 15) is 0 Å². The molecule has 0 aromatic heterocycles. The second kappa shape index (κ2) is 8.31. The summed E-state index contributed by atoms with van der Waals surface area (Å²) in [6.07, 6.45) is 7.86.